The molecule has 8 nitrogen and oxygen atoms in total. The van der Waals surface area contributed by atoms with Crippen LogP contribution in [0.25, 0.3) is 5.65 Å². The van der Waals surface area contributed by atoms with Crippen LogP contribution < -0.4 is 0 Å². The number of ether oxygens (including phenoxy) is 1. The summed E-state index contributed by atoms with van der Waals surface area (Å²) in [4.78, 5) is 18.7. The quantitative estimate of drug-likeness (QED) is 0.727. The van der Waals surface area contributed by atoms with Gasteiger partial charge in [0.15, 0.2) is 17.2 Å². The molecule has 3 aromatic heterocycles. The molecule has 0 spiro atoms. The number of carbonyl (C=O) groups is 1. The molecule has 1 saturated heterocycles. The van der Waals surface area contributed by atoms with E-state index in [2.05, 4.69) is 15.2 Å². The molecule has 1 aliphatic rings. The molecule has 24 heavy (non-hydrogen) atoms. The van der Waals surface area contributed by atoms with Crippen LogP contribution in [-0.2, 0) is 4.74 Å². The number of amides is 1. The van der Waals surface area contributed by atoms with E-state index in [1.54, 1.807) is 42.7 Å². The summed E-state index contributed by atoms with van der Waals surface area (Å²) in [6.07, 6.45) is 5.71. The minimum atomic E-state index is -0.231. The second kappa shape index (κ2) is 5.72. The van der Waals surface area contributed by atoms with E-state index in [0.717, 1.165) is 0 Å². The summed E-state index contributed by atoms with van der Waals surface area (Å²) in [7, 11) is 1.65. The van der Waals surface area contributed by atoms with Gasteiger partial charge in [-0.3, -0.25) is 14.2 Å². The second-order valence-electron chi connectivity index (χ2n) is 5.84. The van der Waals surface area contributed by atoms with E-state index in [0.29, 0.717) is 36.0 Å². The Labute approximate surface area is 138 Å². The van der Waals surface area contributed by atoms with E-state index >= 15 is 0 Å². The normalized spacial score (nSPS) is 20.8. The lowest BCUT2D eigenvalue weighted by Gasteiger charge is -2.22. The molecule has 1 fully saturated rings. The third-order valence-corrected chi connectivity index (χ3v) is 4.35. The van der Waals surface area contributed by atoms with Gasteiger partial charge in [0.25, 0.3) is 5.91 Å². The highest BCUT2D eigenvalue weighted by Crippen LogP contribution is 2.33. The number of aryl methyl sites for hydroxylation is 1. The third kappa shape index (κ3) is 2.35. The molecular weight excluding hydrogens is 310 g/mol. The Morgan fingerprint density at radius 3 is 3.00 bits per heavy atom. The molecule has 0 saturated carbocycles. The Bertz CT molecular complexity index is 887. The number of carbonyl (C=O) groups excluding carboxylic acids is 1. The summed E-state index contributed by atoms with van der Waals surface area (Å²) in [6, 6.07) is 3.25. The lowest BCUT2D eigenvalue weighted by atomic mass is 10.2. The van der Waals surface area contributed by atoms with Crippen molar-refractivity contribution in [2.45, 2.75) is 25.5 Å². The van der Waals surface area contributed by atoms with Gasteiger partial charge in [0.1, 0.15) is 5.76 Å². The van der Waals surface area contributed by atoms with Crippen molar-refractivity contribution in [3.8, 4) is 0 Å². The summed E-state index contributed by atoms with van der Waals surface area (Å²) in [5.41, 5.74) is 0.648. The molecule has 0 bridgehead atoms. The molecule has 0 N–H and O–H groups in total. The van der Waals surface area contributed by atoms with Crippen molar-refractivity contribution in [3.63, 3.8) is 0 Å². The predicted octanol–water partition coefficient (Wildman–Crippen LogP) is 1.63. The molecule has 0 aromatic carbocycles. The van der Waals surface area contributed by atoms with Gasteiger partial charge >= 0.3 is 0 Å². The van der Waals surface area contributed by atoms with Crippen LogP contribution in [-0.4, -0.2) is 50.1 Å². The van der Waals surface area contributed by atoms with E-state index < -0.39 is 0 Å². The lowest BCUT2D eigenvalue weighted by molar-refractivity contribution is 0.0652. The van der Waals surface area contributed by atoms with Crippen molar-refractivity contribution in [2.75, 3.05) is 13.7 Å². The predicted molar refractivity (Wildman–Crippen MR) is 83.4 cm³/mol. The number of rotatable bonds is 3. The van der Waals surface area contributed by atoms with Crippen LogP contribution in [0.1, 0.15) is 34.6 Å². The molecule has 4 rings (SSSR count). The molecule has 8 heteroatoms. The number of hydrogen-bond donors (Lipinski definition) is 0. The van der Waals surface area contributed by atoms with Crippen molar-refractivity contribution in [1.82, 2.24) is 24.5 Å². The Balaban J connectivity index is 1.73. The Morgan fingerprint density at radius 1 is 1.38 bits per heavy atom. The highest BCUT2D eigenvalue weighted by molar-refractivity contribution is 5.92. The number of likely N-dealkylation sites (tertiary alicyclic amines) is 1. The largest absolute Gasteiger partial charge is 0.456 e. The first-order valence-electron chi connectivity index (χ1n) is 7.72. The van der Waals surface area contributed by atoms with Crippen LogP contribution in [0.3, 0.4) is 0 Å². The molecule has 3 aromatic rings. The van der Waals surface area contributed by atoms with Crippen LogP contribution in [0.15, 0.2) is 35.1 Å². The first-order valence-corrected chi connectivity index (χ1v) is 7.72. The topological polar surface area (TPSA) is 85.8 Å². The molecule has 4 heterocycles. The van der Waals surface area contributed by atoms with E-state index in [1.807, 2.05) is 11.3 Å². The minimum absolute atomic E-state index is 0.0517. The first-order chi connectivity index (χ1) is 11.7. The van der Waals surface area contributed by atoms with Crippen LogP contribution in [0, 0.1) is 6.92 Å². The van der Waals surface area contributed by atoms with E-state index in [1.165, 1.54) is 0 Å². The zero-order valence-corrected chi connectivity index (χ0v) is 13.4. The fraction of sp³-hybridized carbons (Fsp3) is 0.375. The average Bonchev–Trinajstić information content (AvgIpc) is 3.31. The molecule has 124 valence electrons. The molecule has 0 radical (unpaired) electrons. The smallest absolute Gasteiger partial charge is 0.290 e. The maximum absolute atomic E-state index is 12.9. The maximum atomic E-state index is 12.9. The number of methoxy groups -OCH3 is 1. The summed E-state index contributed by atoms with van der Waals surface area (Å²) < 4.78 is 12.8. The van der Waals surface area contributed by atoms with Gasteiger partial charge in [-0.15, -0.1) is 10.2 Å². The maximum Gasteiger partial charge on any atom is 0.290 e. The van der Waals surface area contributed by atoms with E-state index in [9.17, 15) is 4.79 Å². The summed E-state index contributed by atoms with van der Waals surface area (Å²) in [6.45, 7) is 2.30. The highest BCUT2D eigenvalue weighted by Gasteiger charge is 2.40. The first kappa shape index (κ1) is 14.8. The standard InChI is InChI=1S/C16H17N5O3/c1-10-3-4-13(24-10)16(22)21-9-11(23-2)7-12(21)15-19-18-14-8-17-5-6-20(14)15/h3-6,8,11-12H,7,9H2,1-2H3/t11-,12+/m1/s1. The Kier molecular flexibility index (Phi) is 3.53. The van der Waals surface area contributed by atoms with Gasteiger partial charge in [-0.2, -0.15) is 0 Å². The van der Waals surface area contributed by atoms with Gasteiger partial charge in [0, 0.05) is 32.5 Å². The lowest BCUT2D eigenvalue weighted by Crippen LogP contribution is -2.32. The average molecular weight is 327 g/mol. The molecule has 0 unspecified atom stereocenters. The minimum Gasteiger partial charge on any atom is -0.456 e. The Morgan fingerprint density at radius 2 is 2.25 bits per heavy atom. The molecular formula is C16H17N5O3. The third-order valence-electron chi connectivity index (χ3n) is 4.35. The molecule has 1 aliphatic heterocycles. The van der Waals surface area contributed by atoms with Gasteiger partial charge < -0.3 is 14.1 Å². The molecule has 1 amide bonds. The van der Waals surface area contributed by atoms with Crippen LogP contribution in [0.4, 0.5) is 0 Å². The number of nitrogens with zero attached hydrogens (tertiary/aromatic N) is 5. The van der Waals surface area contributed by atoms with Crippen molar-refractivity contribution < 1.29 is 13.9 Å². The summed E-state index contributed by atoms with van der Waals surface area (Å²) in [5.74, 6) is 1.56. The number of hydrogen-bond acceptors (Lipinski definition) is 6. The molecule has 2 atom stereocenters. The van der Waals surface area contributed by atoms with Crippen molar-refractivity contribution in [2.24, 2.45) is 0 Å². The highest BCUT2D eigenvalue weighted by atomic mass is 16.5. The van der Waals surface area contributed by atoms with E-state index in [-0.39, 0.29) is 18.1 Å². The van der Waals surface area contributed by atoms with Gasteiger partial charge in [-0.1, -0.05) is 0 Å². The summed E-state index contributed by atoms with van der Waals surface area (Å²) >= 11 is 0. The van der Waals surface area contributed by atoms with Crippen molar-refractivity contribution in [1.29, 1.82) is 0 Å². The Hall–Kier alpha value is -2.74. The fourth-order valence-corrected chi connectivity index (χ4v) is 3.13. The summed E-state index contributed by atoms with van der Waals surface area (Å²) in [5, 5.41) is 8.40. The number of furan rings is 1. The monoisotopic (exact) mass is 327 g/mol. The van der Waals surface area contributed by atoms with E-state index in [4.69, 9.17) is 9.15 Å². The SMILES string of the molecule is CO[C@@H]1C[C@@H](c2nnc3cnccn23)N(C(=O)c2ccc(C)o2)C1. The fourth-order valence-electron chi connectivity index (χ4n) is 3.13. The zero-order valence-electron chi connectivity index (χ0n) is 13.4. The molecule has 0 aliphatic carbocycles. The number of aromatic nitrogens is 4. The van der Waals surface area contributed by atoms with Crippen molar-refractivity contribution >= 4 is 11.6 Å². The van der Waals surface area contributed by atoms with Gasteiger partial charge in [-0.25, -0.2) is 0 Å². The zero-order chi connectivity index (χ0) is 16.7. The second-order valence-corrected chi connectivity index (χ2v) is 5.84. The van der Waals surface area contributed by atoms with Gasteiger partial charge in [-0.05, 0) is 19.1 Å². The van der Waals surface area contributed by atoms with Gasteiger partial charge in [0.05, 0.1) is 18.3 Å². The van der Waals surface area contributed by atoms with Crippen LogP contribution in [0.5, 0.6) is 0 Å². The number of fused-ring (bicyclic) bond motifs is 1. The van der Waals surface area contributed by atoms with Gasteiger partial charge in [0.2, 0.25) is 0 Å². The van der Waals surface area contributed by atoms with Crippen LogP contribution in [0.2, 0.25) is 0 Å². The van der Waals surface area contributed by atoms with Crippen LogP contribution >= 0.6 is 0 Å². The van der Waals surface area contributed by atoms with Crippen molar-refractivity contribution in [3.05, 3.63) is 48.1 Å².